The molecule has 1 aromatic carbocycles. The van der Waals surface area contributed by atoms with Gasteiger partial charge in [-0.3, -0.25) is 19.3 Å². The van der Waals surface area contributed by atoms with Crippen LogP contribution in [0, 0.1) is 0 Å². The number of benzene rings is 1. The highest BCUT2D eigenvalue weighted by Gasteiger charge is 2.30. The summed E-state index contributed by atoms with van der Waals surface area (Å²) in [5.41, 5.74) is 0.368. The predicted molar refractivity (Wildman–Crippen MR) is 86.7 cm³/mol. The van der Waals surface area contributed by atoms with Crippen LogP contribution in [-0.2, 0) is 24.4 Å². The van der Waals surface area contributed by atoms with Crippen molar-refractivity contribution >= 4 is 33.4 Å². The SMILES string of the molecule is CC(=O)NCCCNS(=O)(=O)c1ccc(N2C(=O)CCC2=O)cc1. The molecular weight excluding hydrogens is 334 g/mol. The Kier molecular flexibility index (Phi) is 5.68. The highest BCUT2D eigenvalue weighted by Crippen LogP contribution is 2.23. The van der Waals surface area contributed by atoms with Crippen molar-refractivity contribution in [3.63, 3.8) is 0 Å². The number of carbonyl (C=O) groups excluding carboxylic acids is 3. The van der Waals surface area contributed by atoms with Gasteiger partial charge in [-0.1, -0.05) is 0 Å². The second kappa shape index (κ2) is 7.54. The molecule has 1 saturated heterocycles. The molecule has 1 aliphatic rings. The van der Waals surface area contributed by atoms with E-state index < -0.39 is 10.0 Å². The normalized spacial score (nSPS) is 15.0. The molecule has 9 heteroatoms. The predicted octanol–water partition coefficient (Wildman–Crippen LogP) is 0.145. The van der Waals surface area contributed by atoms with Crippen LogP contribution in [0.25, 0.3) is 0 Å². The lowest BCUT2D eigenvalue weighted by Crippen LogP contribution is -2.29. The van der Waals surface area contributed by atoms with Gasteiger partial charge in [0.05, 0.1) is 10.6 Å². The molecule has 1 aromatic rings. The Labute approximate surface area is 140 Å². The molecule has 0 unspecified atom stereocenters. The molecule has 130 valence electrons. The second-order valence-corrected chi connectivity index (χ2v) is 7.12. The second-order valence-electron chi connectivity index (χ2n) is 5.35. The van der Waals surface area contributed by atoms with Gasteiger partial charge in [-0.15, -0.1) is 0 Å². The van der Waals surface area contributed by atoms with Crippen molar-refractivity contribution in [1.29, 1.82) is 0 Å². The van der Waals surface area contributed by atoms with Gasteiger partial charge in [0.25, 0.3) is 0 Å². The van der Waals surface area contributed by atoms with E-state index in [1.807, 2.05) is 0 Å². The van der Waals surface area contributed by atoms with E-state index in [4.69, 9.17) is 0 Å². The number of imide groups is 1. The van der Waals surface area contributed by atoms with Gasteiger partial charge >= 0.3 is 0 Å². The smallest absolute Gasteiger partial charge is 0.240 e. The molecule has 3 amide bonds. The molecule has 0 spiro atoms. The number of hydrogen-bond donors (Lipinski definition) is 2. The van der Waals surface area contributed by atoms with Gasteiger partial charge < -0.3 is 5.32 Å². The summed E-state index contributed by atoms with van der Waals surface area (Å²) < 4.78 is 26.7. The Morgan fingerprint density at radius 3 is 2.21 bits per heavy atom. The molecule has 0 saturated carbocycles. The van der Waals surface area contributed by atoms with Gasteiger partial charge in [0.1, 0.15) is 0 Å². The molecule has 1 heterocycles. The van der Waals surface area contributed by atoms with Crippen LogP contribution in [0.2, 0.25) is 0 Å². The van der Waals surface area contributed by atoms with Gasteiger partial charge in [0.15, 0.2) is 0 Å². The van der Waals surface area contributed by atoms with Crippen molar-refractivity contribution in [3.05, 3.63) is 24.3 Å². The van der Waals surface area contributed by atoms with Crippen LogP contribution >= 0.6 is 0 Å². The molecule has 8 nitrogen and oxygen atoms in total. The molecular formula is C15H19N3O5S. The van der Waals surface area contributed by atoms with Crippen LogP contribution in [0.15, 0.2) is 29.2 Å². The lowest BCUT2D eigenvalue weighted by molar-refractivity contribution is -0.121. The van der Waals surface area contributed by atoms with E-state index in [2.05, 4.69) is 10.0 Å². The lowest BCUT2D eigenvalue weighted by atomic mass is 10.3. The monoisotopic (exact) mass is 353 g/mol. The molecule has 0 radical (unpaired) electrons. The van der Waals surface area contributed by atoms with Crippen LogP contribution in [0.3, 0.4) is 0 Å². The van der Waals surface area contributed by atoms with Gasteiger partial charge in [0, 0.05) is 32.9 Å². The Bertz CT molecular complexity index is 727. The topological polar surface area (TPSA) is 113 Å². The summed E-state index contributed by atoms with van der Waals surface area (Å²) in [6.45, 7) is 1.96. The van der Waals surface area contributed by atoms with Gasteiger partial charge in [0.2, 0.25) is 27.7 Å². The first-order valence-electron chi connectivity index (χ1n) is 7.51. The molecule has 0 bridgehead atoms. The summed E-state index contributed by atoms with van der Waals surface area (Å²) in [4.78, 5) is 35.1. The molecule has 0 atom stereocenters. The van der Waals surface area contributed by atoms with E-state index >= 15 is 0 Å². The number of rotatable bonds is 7. The fraction of sp³-hybridized carbons (Fsp3) is 0.400. The zero-order valence-electron chi connectivity index (χ0n) is 13.2. The summed E-state index contributed by atoms with van der Waals surface area (Å²) in [5.74, 6) is -0.738. The fourth-order valence-electron chi connectivity index (χ4n) is 2.28. The number of hydrogen-bond acceptors (Lipinski definition) is 5. The summed E-state index contributed by atoms with van der Waals surface area (Å²) in [6, 6.07) is 5.58. The Hall–Kier alpha value is -2.26. The minimum absolute atomic E-state index is 0.0462. The molecule has 24 heavy (non-hydrogen) atoms. The Balaban J connectivity index is 1.97. The number of nitrogens with one attached hydrogen (secondary N) is 2. The maximum Gasteiger partial charge on any atom is 0.240 e. The summed E-state index contributed by atoms with van der Waals surface area (Å²) in [7, 11) is -3.68. The van der Waals surface area contributed by atoms with Crippen molar-refractivity contribution in [2.75, 3.05) is 18.0 Å². The third-order valence-corrected chi connectivity index (χ3v) is 4.95. The van der Waals surface area contributed by atoms with E-state index in [9.17, 15) is 22.8 Å². The Morgan fingerprint density at radius 1 is 1.08 bits per heavy atom. The van der Waals surface area contributed by atoms with Crippen LogP contribution < -0.4 is 14.9 Å². The maximum absolute atomic E-state index is 12.1. The average molecular weight is 353 g/mol. The third-order valence-electron chi connectivity index (χ3n) is 3.48. The maximum atomic E-state index is 12.1. The van der Waals surface area contributed by atoms with Crippen molar-refractivity contribution in [1.82, 2.24) is 10.0 Å². The fourth-order valence-corrected chi connectivity index (χ4v) is 3.36. The molecule has 2 rings (SSSR count). The van der Waals surface area contributed by atoms with Crippen molar-refractivity contribution in [2.24, 2.45) is 0 Å². The number of anilines is 1. The highest BCUT2D eigenvalue weighted by atomic mass is 32.2. The number of amides is 3. The number of nitrogens with zero attached hydrogens (tertiary/aromatic N) is 1. The van der Waals surface area contributed by atoms with Crippen molar-refractivity contribution < 1.29 is 22.8 Å². The molecule has 0 aromatic heterocycles. The quantitative estimate of drug-likeness (QED) is 0.535. The molecule has 1 aliphatic heterocycles. The lowest BCUT2D eigenvalue weighted by Gasteiger charge is -2.14. The first-order valence-corrected chi connectivity index (χ1v) is 8.99. The van der Waals surface area contributed by atoms with E-state index in [1.165, 1.54) is 31.2 Å². The Morgan fingerprint density at radius 2 is 1.67 bits per heavy atom. The number of sulfonamides is 1. The summed E-state index contributed by atoms with van der Waals surface area (Å²) >= 11 is 0. The van der Waals surface area contributed by atoms with Crippen LogP contribution in [-0.4, -0.2) is 39.2 Å². The largest absolute Gasteiger partial charge is 0.356 e. The number of carbonyl (C=O) groups is 3. The first-order chi connectivity index (χ1) is 11.3. The van der Waals surface area contributed by atoms with Crippen LogP contribution in [0.1, 0.15) is 26.2 Å². The van der Waals surface area contributed by atoms with Crippen molar-refractivity contribution in [2.45, 2.75) is 31.1 Å². The molecule has 0 aliphatic carbocycles. The van der Waals surface area contributed by atoms with Crippen LogP contribution in [0.5, 0.6) is 0 Å². The van der Waals surface area contributed by atoms with E-state index in [0.29, 0.717) is 18.7 Å². The third kappa shape index (κ3) is 4.39. The van der Waals surface area contributed by atoms with Gasteiger partial charge in [-0.05, 0) is 30.7 Å². The molecule has 1 fully saturated rings. The average Bonchev–Trinajstić information content (AvgIpc) is 2.85. The van der Waals surface area contributed by atoms with Gasteiger partial charge in [-0.2, -0.15) is 0 Å². The zero-order valence-corrected chi connectivity index (χ0v) is 14.1. The summed E-state index contributed by atoms with van der Waals surface area (Å²) in [6.07, 6.45) is 0.817. The standard InChI is InChI=1S/C15H19N3O5S/c1-11(19)16-9-2-10-17-24(22,23)13-5-3-12(4-6-13)18-14(20)7-8-15(18)21/h3-6,17H,2,7-10H2,1H3,(H,16,19). The van der Waals surface area contributed by atoms with Crippen molar-refractivity contribution in [3.8, 4) is 0 Å². The molecule has 2 N–H and O–H groups in total. The minimum atomic E-state index is -3.68. The van der Waals surface area contributed by atoms with Gasteiger partial charge in [-0.25, -0.2) is 13.1 Å². The highest BCUT2D eigenvalue weighted by molar-refractivity contribution is 7.89. The van der Waals surface area contributed by atoms with Crippen LogP contribution in [0.4, 0.5) is 5.69 Å². The summed E-state index contributed by atoms with van der Waals surface area (Å²) in [5, 5.41) is 2.58. The minimum Gasteiger partial charge on any atom is -0.356 e. The first kappa shape index (κ1) is 18.1. The van der Waals surface area contributed by atoms with E-state index in [1.54, 1.807) is 0 Å². The van der Waals surface area contributed by atoms with E-state index in [-0.39, 0.29) is 42.0 Å². The zero-order chi connectivity index (χ0) is 17.7. The van der Waals surface area contributed by atoms with E-state index in [0.717, 1.165) is 4.90 Å².